The zero-order valence-corrected chi connectivity index (χ0v) is 46.8. The lowest BCUT2D eigenvalue weighted by Gasteiger charge is -2.40. The SMILES string of the molecule is CCCCCCC/C=C\C/C=C\CCCCCCCCCCCCCC(=O)NC(COC1OC(CO)C(O)C(O)C1O)C(O)CCCCCCCCCCCCCCCCCCCCCCCCCCC. The van der Waals surface area contributed by atoms with Crippen molar-refractivity contribution in [3.63, 3.8) is 0 Å². The van der Waals surface area contributed by atoms with Gasteiger partial charge in [-0.15, -0.1) is 0 Å². The number of carbonyl (C=O) groups is 1. The highest BCUT2D eigenvalue weighted by molar-refractivity contribution is 5.76. The van der Waals surface area contributed by atoms with Crippen molar-refractivity contribution in [3.05, 3.63) is 24.3 Å². The molecule has 0 aromatic carbocycles. The van der Waals surface area contributed by atoms with Crippen LogP contribution in [0.1, 0.15) is 309 Å². The molecule has 0 radical (unpaired) electrons. The van der Waals surface area contributed by atoms with Gasteiger partial charge >= 0.3 is 0 Å². The monoisotopic (exact) mass is 1010 g/mol. The van der Waals surface area contributed by atoms with Crippen LogP contribution in [0, 0.1) is 0 Å². The summed E-state index contributed by atoms with van der Waals surface area (Å²) in [6, 6.07) is -0.720. The molecule has 7 atom stereocenters. The summed E-state index contributed by atoms with van der Waals surface area (Å²) in [4.78, 5) is 13.1. The van der Waals surface area contributed by atoms with Crippen LogP contribution < -0.4 is 5.32 Å². The van der Waals surface area contributed by atoms with Crippen LogP contribution in [0.4, 0.5) is 0 Å². The van der Waals surface area contributed by atoms with E-state index in [1.54, 1.807) is 0 Å². The van der Waals surface area contributed by atoms with Gasteiger partial charge in [-0.05, 0) is 44.9 Å². The summed E-state index contributed by atoms with van der Waals surface area (Å²) in [5, 5.41) is 54.8. The first kappa shape index (κ1) is 67.7. The Morgan fingerprint density at radius 2 is 0.831 bits per heavy atom. The minimum absolute atomic E-state index is 0.136. The third-order valence-electron chi connectivity index (χ3n) is 15.1. The molecular formula is C62H119NO8. The van der Waals surface area contributed by atoms with Gasteiger partial charge in [-0.1, -0.05) is 282 Å². The summed E-state index contributed by atoms with van der Waals surface area (Å²) in [5.41, 5.74) is 0. The predicted molar refractivity (Wildman–Crippen MR) is 300 cm³/mol. The number of carbonyl (C=O) groups excluding carboxylic acids is 1. The van der Waals surface area contributed by atoms with Crippen LogP contribution >= 0.6 is 0 Å². The molecule has 6 N–H and O–H groups in total. The maximum absolute atomic E-state index is 13.1. The average molecular weight is 1010 g/mol. The van der Waals surface area contributed by atoms with Crippen molar-refractivity contribution in [1.29, 1.82) is 0 Å². The van der Waals surface area contributed by atoms with E-state index in [4.69, 9.17) is 9.47 Å². The number of aliphatic hydroxyl groups is 5. The normalized spacial score (nSPS) is 19.3. The molecule has 1 rings (SSSR count). The fourth-order valence-electron chi connectivity index (χ4n) is 10.1. The number of hydrogen-bond acceptors (Lipinski definition) is 8. The molecule has 71 heavy (non-hydrogen) atoms. The van der Waals surface area contributed by atoms with Crippen LogP contribution in [0.5, 0.6) is 0 Å². The van der Waals surface area contributed by atoms with Gasteiger partial charge in [-0.25, -0.2) is 0 Å². The van der Waals surface area contributed by atoms with Crippen molar-refractivity contribution in [3.8, 4) is 0 Å². The number of allylic oxidation sites excluding steroid dienone is 4. The van der Waals surface area contributed by atoms with E-state index in [-0.39, 0.29) is 12.5 Å². The van der Waals surface area contributed by atoms with E-state index in [0.29, 0.717) is 12.8 Å². The highest BCUT2D eigenvalue weighted by atomic mass is 16.7. The number of nitrogens with one attached hydrogen (secondary N) is 1. The Balaban J connectivity index is 2.17. The third kappa shape index (κ3) is 41.6. The molecule has 1 heterocycles. The molecule has 0 aromatic heterocycles. The molecule has 0 aliphatic carbocycles. The second-order valence-corrected chi connectivity index (χ2v) is 21.9. The zero-order chi connectivity index (χ0) is 51.5. The fraction of sp³-hybridized carbons (Fsp3) is 0.919. The van der Waals surface area contributed by atoms with Crippen LogP contribution in [0.15, 0.2) is 24.3 Å². The summed E-state index contributed by atoms with van der Waals surface area (Å²) in [7, 11) is 0. The molecule has 7 unspecified atom stereocenters. The van der Waals surface area contributed by atoms with Crippen LogP contribution in [-0.4, -0.2) is 87.5 Å². The molecule has 0 spiro atoms. The number of hydrogen-bond donors (Lipinski definition) is 6. The Hall–Kier alpha value is -1.33. The van der Waals surface area contributed by atoms with E-state index in [2.05, 4.69) is 43.5 Å². The lowest BCUT2D eigenvalue weighted by atomic mass is 9.99. The molecule has 1 amide bonds. The van der Waals surface area contributed by atoms with Crippen molar-refractivity contribution in [1.82, 2.24) is 5.32 Å². The Labute approximate surface area is 439 Å². The quantitative estimate of drug-likeness (QED) is 0.0261. The van der Waals surface area contributed by atoms with Gasteiger partial charge in [0.05, 0.1) is 25.4 Å². The van der Waals surface area contributed by atoms with Gasteiger partial charge < -0.3 is 40.3 Å². The molecule has 9 heteroatoms. The zero-order valence-electron chi connectivity index (χ0n) is 46.8. The first-order valence-corrected chi connectivity index (χ1v) is 31.0. The smallest absolute Gasteiger partial charge is 0.220 e. The van der Waals surface area contributed by atoms with Crippen LogP contribution in [0.2, 0.25) is 0 Å². The van der Waals surface area contributed by atoms with E-state index in [1.165, 1.54) is 238 Å². The molecule has 1 fully saturated rings. The molecule has 1 aliphatic heterocycles. The largest absolute Gasteiger partial charge is 0.394 e. The maximum atomic E-state index is 13.1. The second kappa shape index (κ2) is 52.1. The minimum Gasteiger partial charge on any atom is -0.394 e. The van der Waals surface area contributed by atoms with E-state index >= 15 is 0 Å². The Morgan fingerprint density at radius 3 is 1.21 bits per heavy atom. The Morgan fingerprint density at radius 1 is 0.479 bits per heavy atom. The number of aliphatic hydroxyl groups excluding tert-OH is 5. The summed E-state index contributed by atoms with van der Waals surface area (Å²) < 4.78 is 11.3. The van der Waals surface area contributed by atoms with Gasteiger partial charge in [0.25, 0.3) is 0 Å². The van der Waals surface area contributed by atoms with E-state index in [9.17, 15) is 30.3 Å². The molecule has 1 saturated heterocycles. The molecule has 0 aromatic rings. The fourth-order valence-corrected chi connectivity index (χ4v) is 10.1. The summed E-state index contributed by atoms with van der Waals surface area (Å²) in [6.45, 7) is 3.87. The minimum atomic E-state index is -1.55. The maximum Gasteiger partial charge on any atom is 0.220 e. The van der Waals surface area contributed by atoms with Gasteiger partial charge in [0.1, 0.15) is 24.4 Å². The summed E-state index contributed by atoms with van der Waals surface area (Å²) >= 11 is 0. The standard InChI is InChI=1S/C62H119NO8/c1-3-5-7-9-11-13-15-17-19-21-23-25-27-28-30-31-33-35-37-39-41-43-45-47-49-51-56(65)55(54-70-62-61(69)60(68)59(67)57(53-64)71-62)63-58(66)52-50-48-46-44-42-40-38-36-34-32-29-26-24-22-20-18-16-14-12-10-8-6-4-2/h16,18,22,24,55-57,59-62,64-65,67-69H,3-15,17,19-21,23,25-54H2,1-2H3,(H,63,66)/b18-16-,24-22-. The molecule has 0 bridgehead atoms. The van der Waals surface area contributed by atoms with Gasteiger partial charge in [0, 0.05) is 6.42 Å². The average Bonchev–Trinajstić information content (AvgIpc) is 3.37. The highest BCUT2D eigenvalue weighted by Gasteiger charge is 2.44. The lowest BCUT2D eigenvalue weighted by Crippen LogP contribution is -2.60. The van der Waals surface area contributed by atoms with Gasteiger partial charge in [-0.2, -0.15) is 0 Å². The van der Waals surface area contributed by atoms with Crippen molar-refractivity contribution < 1.29 is 39.8 Å². The van der Waals surface area contributed by atoms with Crippen molar-refractivity contribution in [2.24, 2.45) is 0 Å². The van der Waals surface area contributed by atoms with E-state index in [1.807, 2.05) is 0 Å². The first-order valence-electron chi connectivity index (χ1n) is 31.0. The first-order chi connectivity index (χ1) is 34.8. The number of ether oxygens (including phenoxy) is 2. The molecule has 420 valence electrons. The molecule has 0 saturated carbocycles. The topological polar surface area (TPSA) is 149 Å². The van der Waals surface area contributed by atoms with Crippen LogP contribution in [0.25, 0.3) is 0 Å². The number of amides is 1. The summed E-state index contributed by atoms with van der Waals surface area (Å²) in [6.07, 6.45) is 59.3. The van der Waals surface area contributed by atoms with Crippen molar-refractivity contribution in [2.45, 2.75) is 352 Å². The van der Waals surface area contributed by atoms with E-state index in [0.717, 1.165) is 44.9 Å². The van der Waals surface area contributed by atoms with Gasteiger partial charge in [0.2, 0.25) is 5.91 Å². The van der Waals surface area contributed by atoms with Gasteiger partial charge in [-0.3, -0.25) is 4.79 Å². The number of unbranched alkanes of at least 4 members (excludes halogenated alkanes) is 40. The van der Waals surface area contributed by atoms with E-state index < -0.39 is 49.5 Å². The number of rotatable bonds is 54. The molecule has 1 aliphatic rings. The lowest BCUT2D eigenvalue weighted by molar-refractivity contribution is -0.302. The van der Waals surface area contributed by atoms with Crippen LogP contribution in [0.3, 0.4) is 0 Å². The highest BCUT2D eigenvalue weighted by Crippen LogP contribution is 2.23. The Kier molecular flexibility index (Phi) is 49.7. The van der Waals surface area contributed by atoms with Gasteiger partial charge in [0.15, 0.2) is 6.29 Å². The predicted octanol–water partition coefficient (Wildman–Crippen LogP) is 15.7. The third-order valence-corrected chi connectivity index (χ3v) is 15.1. The summed E-state index contributed by atoms with van der Waals surface area (Å²) in [5.74, 6) is -0.142. The van der Waals surface area contributed by atoms with Crippen molar-refractivity contribution in [2.75, 3.05) is 13.2 Å². The second-order valence-electron chi connectivity index (χ2n) is 21.9. The van der Waals surface area contributed by atoms with Crippen molar-refractivity contribution >= 4 is 5.91 Å². The molecular weight excluding hydrogens is 887 g/mol. The van der Waals surface area contributed by atoms with Crippen LogP contribution in [-0.2, 0) is 14.3 Å². The molecule has 9 nitrogen and oxygen atoms in total. The Bertz CT molecular complexity index is 1170.